The number of hydrogen-bond acceptors (Lipinski definition) is 7. The number of nitrogens with two attached hydrogens (primary N) is 1. The second-order valence-electron chi connectivity index (χ2n) is 11.0. The van der Waals surface area contributed by atoms with Crippen LogP contribution in [0.5, 0.6) is 0 Å². The number of pyridine rings is 4. The highest BCUT2D eigenvalue weighted by Crippen LogP contribution is 2.37. The second-order valence-corrected chi connectivity index (χ2v) is 11.0. The lowest BCUT2D eigenvalue weighted by Gasteiger charge is -2.40. The predicted octanol–water partition coefficient (Wildman–Crippen LogP) is 4.53. The Kier molecular flexibility index (Phi) is 6.76. The van der Waals surface area contributed by atoms with Gasteiger partial charge in [-0.05, 0) is 75.4 Å². The van der Waals surface area contributed by atoms with Crippen LogP contribution in [-0.2, 0) is 13.1 Å². The van der Waals surface area contributed by atoms with E-state index in [0.717, 1.165) is 61.4 Å². The van der Waals surface area contributed by atoms with Crippen LogP contribution in [0.1, 0.15) is 54.2 Å². The van der Waals surface area contributed by atoms with Crippen LogP contribution in [0.15, 0.2) is 53.7 Å². The number of aryl methyl sites for hydroxylation is 2. The van der Waals surface area contributed by atoms with Gasteiger partial charge in [0.25, 0.3) is 0 Å². The zero-order valence-electron chi connectivity index (χ0n) is 22.5. The molecule has 1 aliphatic heterocycles. The van der Waals surface area contributed by atoms with E-state index in [0.29, 0.717) is 29.7 Å². The molecule has 9 heteroatoms. The van der Waals surface area contributed by atoms with E-state index in [2.05, 4.69) is 36.9 Å². The predicted molar refractivity (Wildman–Crippen MR) is 151 cm³/mol. The summed E-state index contributed by atoms with van der Waals surface area (Å²) in [6, 6.07) is 10.1. The highest BCUT2D eigenvalue weighted by molar-refractivity contribution is 5.78. The van der Waals surface area contributed by atoms with Crippen LogP contribution >= 0.6 is 0 Å². The van der Waals surface area contributed by atoms with E-state index >= 15 is 0 Å². The lowest BCUT2D eigenvalue weighted by atomic mass is 10.0. The Labute approximate surface area is 227 Å². The number of hydrogen-bond donors (Lipinski definition) is 1. The third-order valence-corrected chi connectivity index (χ3v) is 7.89. The van der Waals surface area contributed by atoms with Crippen molar-refractivity contribution >= 4 is 22.5 Å². The Morgan fingerprint density at radius 3 is 2.67 bits per heavy atom. The quantitative estimate of drug-likeness (QED) is 0.377. The van der Waals surface area contributed by atoms with Crippen molar-refractivity contribution in [3.05, 3.63) is 87.5 Å². The van der Waals surface area contributed by atoms with Crippen molar-refractivity contribution in [1.82, 2.24) is 24.4 Å². The van der Waals surface area contributed by atoms with E-state index in [4.69, 9.17) is 5.73 Å². The van der Waals surface area contributed by atoms with Crippen molar-refractivity contribution in [2.24, 2.45) is 0 Å². The van der Waals surface area contributed by atoms with Crippen LogP contribution in [0.25, 0.3) is 11.0 Å². The van der Waals surface area contributed by atoms with Gasteiger partial charge in [-0.15, -0.1) is 0 Å². The average Bonchev–Trinajstić information content (AvgIpc) is 3.77. The van der Waals surface area contributed by atoms with Gasteiger partial charge in [0, 0.05) is 67.6 Å². The maximum atomic E-state index is 14.5. The topological polar surface area (TPSA) is 93.2 Å². The molecule has 8 nitrogen and oxygen atoms in total. The molecular weight excluding hydrogens is 493 g/mol. The summed E-state index contributed by atoms with van der Waals surface area (Å²) in [6.07, 6.45) is 9.81. The molecule has 1 atom stereocenters. The monoisotopic (exact) mass is 527 g/mol. The van der Waals surface area contributed by atoms with Gasteiger partial charge in [0.2, 0.25) is 0 Å². The summed E-state index contributed by atoms with van der Waals surface area (Å²) in [4.78, 5) is 31.6. The molecule has 0 radical (unpaired) electrons. The summed E-state index contributed by atoms with van der Waals surface area (Å²) in [5.74, 6) is -0.829. The second kappa shape index (κ2) is 10.4. The minimum absolute atomic E-state index is 0.174. The van der Waals surface area contributed by atoms with Crippen LogP contribution in [0.2, 0.25) is 0 Å². The molecule has 0 aromatic carbocycles. The van der Waals surface area contributed by atoms with Crippen LogP contribution < -0.4 is 16.1 Å². The fraction of sp³-hybridized carbons (Fsp3) is 0.400. The number of anilines is 2. The first-order valence-electron chi connectivity index (χ1n) is 13.7. The molecule has 1 aliphatic carbocycles. The number of rotatable bonds is 7. The third-order valence-electron chi connectivity index (χ3n) is 7.89. The number of nitrogens with zero attached hydrogens (tertiary/aromatic N) is 6. The van der Waals surface area contributed by atoms with Crippen LogP contribution in [0, 0.1) is 19.7 Å². The van der Waals surface area contributed by atoms with Gasteiger partial charge in [0.15, 0.2) is 17.1 Å². The minimum Gasteiger partial charge on any atom is -0.381 e. The zero-order valence-corrected chi connectivity index (χ0v) is 22.5. The van der Waals surface area contributed by atoms with Crippen LogP contribution in [-0.4, -0.2) is 43.6 Å². The molecule has 2 aliphatic rings. The molecule has 0 bridgehead atoms. The van der Waals surface area contributed by atoms with Crippen molar-refractivity contribution in [3.63, 3.8) is 0 Å². The molecule has 202 valence electrons. The molecule has 4 aromatic rings. The summed E-state index contributed by atoms with van der Waals surface area (Å²) in [5.41, 5.74) is 11.0. The number of fused-ring (bicyclic) bond motifs is 1. The van der Waals surface area contributed by atoms with Crippen LogP contribution in [0.4, 0.5) is 15.9 Å². The van der Waals surface area contributed by atoms with Gasteiger partial charge in [0.1, 0.15) is 5.65 Å². The van der Waals surface area contributed by atoms with Crippen molar-refractivity contribution in [2.75, 3.05) is 23.7 Å². The summed E-state index contributed by atoms with van der Waals surface area (Å²) in [5, 5.41) is 0.293. The molecule has 5 heterocycles. The standard InChI is InChI=1S/C30H34FN7O/c1-19-5-6-24(14-34-19)36-11-3-4-25(18-36)37(15-21-9-10-33-20(2)12-21)16-22-17-38(23-7-8-23)30-26(28(22)39)13-27(31)29(32)35-30/h5-6,9-10,12-14,17,23,25H,3-4,7-8,11,15-16,18H2,1-2H3,(H2,32,35)/t25-/m0/s1. The molecule has 1 saturated carbocycles. The average molecular weight is 528 g/mol. The maximum Gasteiger partial charge on any atom is 0.195 e. The first-order chi connectivity index (χ1) is 18.9. The van der Waals surface area contributed by atoms with Crippen molar-refractivity contribution in [2.45, 2.75) is 64.7 Å². The number of nitrogen functional groups attached to an aromatic ring is 1. The van der Waals surface area contributed by atoms with Gasteiger partial charge in [-0.1, -0.05) is 0 Å². The van der Waals surface area contributed by atoms with Crippen molar-refractivity contribution in [3.8, 4) is 0 Å². The highest BCUT2D eigenvalue weighted by atomic mass is 19.1. The molecule has 0 spiro atoms. The molecule has 2 N–H and O–H groups in total. The first kappa shape index (κ1) is 25.4. The van der Waals surface area contributed by atoms with Crippen molar-refractivity contribution < 1.29 is 4.39 Å². The molecule has 4 aromatic heterocycles. The van der Waals surface area contributed by atoms with Gasteiger partial charge in [0.05, 0.1) is 17.3 Å². The molecule has 0 amide bonds. The highest BCUT2D eigenvalue weighted by Gasteiger charge is 2.30. The smallest absolute Gasteiger partial charge is 0.195 e. The van der Waals surface area contributed by atoms with E-state index < -0.39 is 5.82 Å². The lowest BCUT2D eigenvalue weighted by Crippen LogP contribution is -2.48. The van der Waals surface area contributed by atoms with E-state index in [-0.39, 0.29) is 23.3 Å². The van der Waals surface area contributed by atoms with Gasteiger partial charge in [-0.3, -0.25) is 19.7 Å². The van der Waals surface area contributed by atoms with Gasteiger partial charge >= 0.3 is 0 Å². The summed E-state index contributed by atoms with van der Waals surface area (Å²) in [7, 11) is 0. The number of piperidine rings is 1. The summed E-state index contributed by atoms with van der Waals surface area (Å²) >= 11 is 0. The van der Waals surface area contributed by atoms with Gasteiger partial charge in [-0.25, -0.2) is 9.37 Å². The lowest BCUT2D eigenvalue weighted by molar-refractivity contribution is 0.158. The first-order valence-corrected chi connectivity index (χ1v) is 13.7. The molecule has 6 rings (SSSR count). The van der Waals surface area contributed by atoms with E-state index in [1.807, 2.05) is 49.1 Å². The zero-order chi connectivity index (χ0) is 27.1. The van der Waals surface area contributed by atoms with Gasteiger partial charge in [-0.2, -0.15) is 0 Å². The van der Waals surface area contributed by atoms with Gasteiger partial charge < -0.3 is 15.2 Å². The number of aromatic nitrogens is 4. The Bertz CT molecular complexity index is 1560. The SMILES string of the molecule is Cc1ccc(N2CCC[C@H](N(Cc3ccnc(C)c3)Cc3cn(C4CC4)c4nc(N)c(F)cc4c3=O)C2)cn1. The molecule has 2 fully saturated rings. The minimum atomic E-state index is -0.655. The Balaban J connectivity index is 1.37. The fourth-order valence-electron chi connectivity index (χ4n) is 5.67. The Hall–Kier alpha value is -3.85. The molecule has 1 saturated heterocycles. The van der Waals surface area contributed by atoms with E-state index in [1.165, 1.54) is 6.07 Å². The largest absolute Gasteiger partial charge is 0.381 e. The summed E-state index contributed by atoms with van der Waals surface area (Å²) < 4.78 is 16.5. The third kappa shape index (κ3) is 5.36. The summed E-state index contributed by atoms with van der Waals surface area (Å²) in [6.45, 7) is 6.94. The maximum absolute atomic E-state index is 14.5. The molecule has 39 heavy (non-hydrogen) atoms. The Morgan fingerprint density at radius 1 is 1.08 bits per heavy atom. The van der Waals surface area contributed by atoms with E-state index in [1.54, 1.807) is 0 Å². The molecule has 0 unspecified atom stereocenters. The number of halogens is 1. The molecular formula is C30H34FN7O. The Morgan fingerprint density at radius 2 is 1.92 bits per heavy atom. The van der Waals surface area contributed by atoms with Crippen molar-refractivity contribution in [1.29, 1.82) is 0 Å². The van der Waals surface area contributed by atoms with Crippen LogP contribution in [0.3, 0.4) is 0 Å². The van der Waals surface area contributed by atoms with E-state index in [9.17, 15) is 9.18 Å². The normalized spacial score (nSPS) is 17.7. The fourth-order valence-corrected chi connectivity index (χ4v) is 5.67.